The van der Waals surface area contributed by atoms with Crippen LogP contribution in [-0.4, -0.2) is 90.9 Å². The second-order valence-corrected chi connectivity index (χ2v) is 13.4. The molecule has 38 heavy (non-hydrogen) atoms. The fourth-order valence-corrected chi connectivity index (χ4v) is 7.43. The van der Waals surface area contributed by atoms with Crippen molar-refractivity contribution in [3.63, 3.8) is 0 Å². The molecule has 1 aromatic heterocycles. The molecule has 0 unspecified atom stereocenters. The normalized spacial score (nSPS) is 23.9. The Hall–Kier alpha value is -2.92. The van der Waals surface area contributed by atoms with Crippen LogP contribution in [0.2, 0.25) is 0 Å². The van der Waals surface area contributed by atoms with Crippen LogP contribution in [-0.2, 0) is 14.6 Å². The van der Waals surface area contributed by atoms with Gasteiger partial charge >= 0.3 is 0 Å². The van der Waals surface area contributed by atoms with Crippen molar-refractivity contribution in [2.75, 3.05) is 61.0 Å². The summed E-state index contributed by atoms with van der Waals surface area (Å²) in [7, 11) is -2.99. The SMILES string of the molecule is CC(=O)N1CC(N2CCC(c3cc(C)c4c(c3)Nc3ncnc(N5CCS(=O)(=O)CC5)c3[C@@H](C)O4)CC2)C1. The lowest BCUT2D eigenvalue weighted by molar-refractivity contribution is -0.136. The molecule has 4 aliphatic heterocycles. The molecule has 5 heterocycles. The molecule has 11 heteroatoms. The summed E-state index contributed by atoms with van der Waals surface area (Å²) in [6, 6.07) is 4.96. The number of benzene rings is 1. The van der Waals surface area contributed by atoms with Crippen molar-refractivity contribution in [1.29, 1.82) is 0 Å². The standard InChI is InChI=1S/C27H36N6O4S/c1-17-12-21(20-4-6-31(7-5-20)22-14-33(15-22)19(3)34)13-23-25(17)37-18(2)24-26(30-23)28-16-29-27(24)32-8-10-38(35,36)11-9-32/h12-13,16,18,20,22H,4-11,14-15H2,1-3H3,(H,28,29,30)/t18-/m1/s1. The highest BCUT2D eigenvalue weighted by atomic mass is 32.2. The Morgan fingerprint density at radius 3 is 2.47 bits per heavy atom. The number of sulfone groups is 1. The van der Waals surface area contributed by atoms with Crippen LogP contribution in [0.3, 0.4) is 0 Å². The number of aromatic nitrogens is 2. The number of nitrogens with one attached hydrogen (secondary N) is 1. The summed E-state index contributed by atoms with van der Waals surface area (Å²) in [5, 5.41) is 3.54. The maximum atomic E-state index is 12.0. The van der Waals surface area contributed by atoms with Crippen molar-refractivity contribution in [1.82, 2.24) is 19.8 Å². The van der Waals surface area contributed by atoms with E-state index in [4.69, 9.17) is 4.74 Å². The number of amides is 1. The maximum Gasteiger partial charge on any atom is 0.219 e. The zero-order valence-electron chi connectivity index (χ0n) is 22.3. The molecule has 3 fully saturated rings. The Kier molecular flexibility index (Phi) is 6.46. The molecule has 6 rings (SSSR count). The predicted octanol–water partition coefficient (Wildman–Crippen LogP) is 2.63. The fraction of sp³-hybridized carbons (Fsp3) is 0.593. The minimum Gasteiger partial charge on any atom is -0.483 e. The first-order valence-electron chi connectivity index (χ1n) is 13.6. The predicted molar refractivity (Wildman–Crippen MR) is 146 cm³/mol. The van der Waals surface area contributed by atoms with Gasteiger partial charge in [-0.05, 0) is 62.9 Å². The Morgan fingerprint density at radius 2 is 1.79 bits per heavy atom. The van der Waals surface area contributed by atoms with Gasteiger partial charge in [0, 0.05) is 39.1 Å². The zero-order chi connectivity index (χ0) is 26.6. The van der Waals surface area contributed by atoms with Crippen LogP contribution in [0.25, 0.3) is 0 Å². The van der Waals surface area contributed by atoms with E-state index in [1.165, 1.54) is 5.56 Å². The Balaban J connectivity index is 1.21. The lowest BCUT2D eigenvalue weighted by atomic mass is 9.87. The van der Waals surface area contributed by atoms with Crippen LogP contribution < -0.4 is 15.0 Å². The lowest BCUT2D eigenvalue weighted by Crippen LogP contribution is -2.61. The molecular weight excluding hydrogens is 504 g/mol. The summed E-state index contributed by atoms with van der Waals surface area (Å²) >= 11 is 0. The number of hydrogen-bond donors (Lipinski definition) is 1. The first-order chi connectivity index (χ1) is 18.2. The van der Waals surface area contributed by atoms with Crippen LogP contribution in [0.1, 0.15) is 55.4 Å². The Morgan fingerprint density at radius 1 is 1.08 bits per heavy atom. The van der Waals surface area contributed by atoms with E-state index in [-0.39, 0.29) is 23.5 Å². The highest BCUT2D eigenvalue weighted by Gasteiger charge is 2.36. The van der Waals surface area contributed by atoms with Gasteiger partial charge in [0.25, 0.3) is 0 Å². The van der Waals surface area contributed by atoms with E-state index < -0.39 is 9.84 Å². The molecule has 0 radical (unpaired) electrons. The Bertz CT molecular complexity index is 1340. The van der Waals surface area contributed by atoms with E-state index in [2.05, 4.69) is 39.2 Å². The summed E-state index contributed by atoms with van der Waals surface area (Å²) in [6.45, 7) is 10.4. The molecule has 1 aromatic carbocycles. The first kappa shape index (κ1) is 25.4. The van der Waals surface area contributed by atoms with Gasteiger partial charge in [-0.25, -0.2) is 18.4 Å². The molecule has 1 amide bonds. The van der Waals surface area contributed by atoms with Crippen molar-refractivity contribution in [3.8, 4) is 5.75 Å². The van der Waals surface area contributed by atoms with Crippen LogP contribution in [0.5, 0.6) is 5.75 Å². The van der Waals surface area contributed by atoms with Crippen molar-refractivity contribution in [2.45, 2.75) is 51.7 Å². The average Bonchev–Trinajstić information content (AvgIpc) is 2.99. The average molecular weight is 541 g/mol. The van der Waals surface area contributed by atoms with Crippen molar-refractivity contribution >= 4 is 33.1 Å². The third-order valence-electron chi connectivity index (χ3n) is 8.58. The number of hydrogen-bond acceptors (Lipinski definition) is 9. The van der Waals surface area contributed by atoms with Gasteiger partial charge in [0.1, 0.15) is 29.8 Å². The second-order valence-electron chi connectivity index (χ2n) is 11.1. The smallest absolute Gasteiger partial charge is 0.219 e. The van der Waals surface area contributed by atoms with Gasteiger partial charge in [-0.1, -0.05) is 6.07 Å². The van der Waals surface area contributed by atoms with Gasteiger partial charge in [-0.3, -0.25) is 9.69 Å². The number of carbonyl (C=O) groups is 1. The van der Waals surface area contributed by atoms with E-state index in [1.54, 1.807) is 13.3 Å². The Labute approximate surface area is 224 Å². The quantitative estimate of drug-likeness (QED) is 0.629. The van der Waals surface area contributed by atoms with Crippen molar-refractivity contribution < 1.29 is 17.9 Å². The number of piperidine rings is 1. The molecule has 0 spiro atoms. The molecule has 3 saturated heterocycles. The number of fused-ring (bicyclic) bond motifs is 2. The summed E-state index contributed by atoms with van der Waals surface area (Å²) in [5.74, 6) is 3.17. The molecule has 1 atom stereocenters. The lowest BCUT2D eigenvalue weighted by Gasteiger charge is -2.47. The number of likely N-dealkylation sites (tertiary alicyclic amines) is 2. The first-order valence-corrected chi connectivity index (χ1v) is 15.4. The topological polar surface area (TPSA) is 108 Å². The van der Waals surface area contributed by atoms with E-state index in [0.717, 1.165) is 67.4 Å². The highest BCUT2D eigenvalue weighted by Crippen LogP contribution is 2.45. The van der Waals surface area contributed by atoms with Crippen LogP contribution in [0, 0.1) is 6.92 Å². The largest absolute Gasteiger partial charge is 0.483 e. The fourth-order valence-electron chi connectivity index (χ4n) is 6.23. The summed E-state index contributed by atoms with van der Waals surface area (Å²) < 4.78 is 30.5. The highest BCUT2D eigenvalue weighted by molar-refractivity contribution is 7.91. The second kappa shape index (κ2) is 9.68. The number of aryl methyl sites for hydroxylation is 1. The minimum absolute atomic E-state index is 0.131. The number of anilines is 3. The third-order valence-corrected chi connectivity index (χ3v) is 10.2. The van der Waals surface area contributed by atoms with E-state index >= 15 is 0 Å². The zero-order valence-corrected chi connectivity index (χ0v) is 23.1. The van der Waals surface area contributed by atoms with Gasteiger partial charge in [-0.15, -0.1) is 0 Å². The van der Waals surface area contributed by atoms with Crippen LogP contribution >= 0.6 is 0 Å². The number of ether oxygens (including phenoxy) is 1. The molecule has 4 aliphatic rings. The van der Waals surface area contributed by atoms with E-state index in [1.807, 2.05) is 16.7 Å². The molecule has 1 N–H and O–H groups in total. The summed E-state index contributed by atoms with van der Waals surface area (Å²) in [6.07, 6.45) is 3.43. The van der Waals surface area contributed by atoms with Crippen molar-refractivity contribution in [2.24, 2.45) is 0 Å². The molecule has 0 saturated carbocycles. The third kappa shape index (κ3) is 4.70. The maximum absolute atomic E-state index is 12.0. The molecule has 0 bridgehead atoms. The van der Waals surface area contributed by atoms with Gasteiger partial charge < -0.3 is 19.9 Å². The van der Waals surface area contributed by atoms with Gasteiger partial charge in [0.05, 0.1) is 22.8 Å². The molecule has 0 aliphatic carbocycles. The minimum atomic E-state index is -2.99. The van der Waals surface area contributed by atoms with Crippen molar-refractivity contribution in [3.05, 3.63) is 35.2 Å². The van der Waals surface area contributed by atoms with Crippen LogP contribution in [0.15, 0.2) is 18.5 Å². The van der Waals surface area contributed by atoms with E-state index in [9.17, 15) is 13.2 Å². The summed E-state index contributed by atoms with van der Waals surface area (Å²) in [5.41, 5.74) is 4.16. The molecule has 204 valence electrons. The number of carbonyl (C=O) groups excluding carboxylic acids is 1. The molecular formula is C27H36N6O4S. The molecule has 10 nitrogen and oxygen atoms in total. The van der Waals surface area contributed by atoms with E-state index in [0.29, 0.717) is 30.9 Å². The van der Waals surface area contributed by atoms with Gasteiger partial charge in [0.2, 0.25) is 5.91 Å². The van der Waals surface area contributed by atoms with Gasteiger partial charge in [-0.2, -0.15) is 0 Å². The van der Waals surface area contributed by atoms with Gasteiger partial charge in [0.15, 0.2) is 9.84 Å². The number of rotatable bonds is 3. The monoisotopic (exact) mass is 540 g/mol. The summed E-state index contributed by atoms with van der Waals surface area (Å²) in [4.78, 5) is 27.1. The van der Waals surface area contributed by atoms with Crippen LogP contribution in [0.4, 0.5) is 17.3 Å². The molecule has 2 aromatic rings. The number of nitrogens with zero attached hydrogens (tertiary/aromatic N) is 5.